The molecule has 0 saturated heterocycles. The number of para-hydroxylation sites is 1. The van der Waals surface area contributed by atoms with E-state index < -0.39 is 0 Å². The second-order valence-corrected chi connectivity index (χ2v) is 6.26. The molecule has 1 amide bonds. The number of nitrogens with one attached hydrogen (secondary N) is 1. The number of carbonyl (C=O) groups is 2. The van der Waals surface area contributed by atoms with Gasteiger partial charge in [0.25, 0.3) is 5.91 Å². The zero-order chi connectivity index (χ0) is 16.7. The number of aromatic amines is 1. The predicted molar refractivity (Wildman–Crippen MR) is 91.4 cm³/mol. The molecule has 1 aromatic heterocycles. The monoisotopic (exact) mass is 310 g/mol. The highest BCUT2D eigenvalue weighted by Crippen LogP contribution is 2.37. The SMILES string of the molecule is CCc1c(C(=O)N2C[C@@H](C)c3ccccc32)[nH]c(C)c1C(C)=O. The summed E-state index contributed by atoms with van der Waals surface area (Å²) in [5.41, 5.74) is 5.00. The molecular formula is C19H22N2O2. The molecule has 0 aliphatic carbocycles. The number of rotatable bonds is 3. The summed E-state index contributed by atoms with van der Waals surface area (Å²) in [6, 6.07) is 8.03. The third-order valence-electron chi connectivity index (χ3n) is 4.67. The first kappa shape index (κ1) is 15.5. The molecule has 23 heavy (non-hydrogen) atoms. The van der Waals surface area contributed by atoms with Gasteiger partial charge in [0.15, 0.2) is 5.78 Å². The fourth-order valence-electron chi connectivity index (χ4n) is 3.64. The highest BCUT2D eigenvalue weighted by Gasteiger charge is 2.32. The van der Waals surface area contributed by atoms with Gasteiger partial charge >= 0.3 is 0 Å². The van der Waals surface area contributed by atoms with Gasteiger partial charge in [-0.15, -0.1) is 0 Å². The van der Waals surface area contributed by atoms with E-state index in [1.54, 1.807) is 6.92 Å². The number of benzene rings is 1. The maximum absolute atomic E-state index is 13.1. The van der Waals surface area contributed by atoms with Crippen LogP contribution in [-0.2, 0) is 6.42 Å². The first-order chi connectivity index (χ1) is 11.0. The molecule has 1 atom stereocenters. The van der Waals surface area contributed by atoms with Crippen LogP contribution in [0.3, 0.4) is 0 Å². The third kappa shape index (κ3) is 2.38. The molecule has 0 fully saturated rings. The molecule has 1 N–H and O–H groups in total. The van der Waals surface area contributed by atoms with Gasteiger partial charge in [-0.2, -0.15) is 0 Å². The normalized spacial score (nSPS) is 16.5. The van der Waals surface area contributed by atoms with Crippen molar-refractivity contribution in [2.75, 3.05) is 11.4 Å². The molecule has 2 heterocycles. The number of ketones is 1. The zero-order valence-corrected chi connectivity index (χ0v) is 14.1. The lowest BCUT2D eigenvalue weighted by atomic mass is 10.0. The number of H-pyrrole nitrogens is 1. The number of anilines is 1. The van der Waals surface area contributed by atoms with E-state index in [-0.39, 0.29) is 11.7 Å². The van der Waals surface area contributed by atoms with Gasteiger partial charge < -0.3 is 9.88 Å². The van der Waals surface area contributed by atoms with E-state index in [0.29, 0.717) is 30.1 Å². The summed E-state index contributed by atoms with van der Waals surface area (Å²) in [5, 5.41) is 0. The summed E-state index contributed by atoms with van der Waals surface area (Å²) in [4.78, 5) is 30.0. The number of nitrogens with zero attached hydrogens (tertiary/aromatic N) is 1. The van der Waals surface area contributed by atoms with Gasteiger partial charge in [0.1, 0.15) is 5.69 Å². The second-order valence-electron chi connectivity index (χ2n) is 6.26. The summed E-state index contributed by atoms with van der Waals surface area (Å²) < 4.78 is 0. The maximum atomic E-state index is 13.1. The Kier molecular flexibility index (Phi) is 3.84. The van der Waals surface area contributed by atoms with Gasteiger partial charge in [-0.05, 0) is 37.5 Å². The van der Waals surface area contributed by atoms with Crippen LogP contribution in [0.2, 0.25) is 0 Å². The Labute approximate surface area is 136 Å². The van der Waals surface area contributed by atoms with Crippen molar-refractivity contribution in [3.05, 3.63) is 52.3 Å². The Balaban J connectivity index is 2.06. The molecule has 1 aliphatic rings. The Morgan fingerprint density at radius 1 is 1.30 bits per heavy atom. The zero-order valence-electron chi connectivity index (χ0n) is 14.1. The fraction of sp³-hybridized carbons (Fsp3) is 0.368. The summed E-state index contributed by atoms with van der Waals surface area (Å²) in [7, 11) is 0. The molecule has 0 radical (unpaired) electrons. The van der Waals surface area contributed by atoms with Crippen molar-refractivity contribution in [1.29, 1.82) is 0 Å². The van der Waals surface area contributed by atoms with Crippen LogP contribution in [0.5, 0.6) is 0 Å². The Morgan fingerprint density at radius 2 is 2.00 bits per heavy atom. The standard InChI is InChI=1S/C19H22N2O2/c1-5-14-17(13(4)22)12(3)20-18(14)19(23)21-10-11(2)15-8-6-7-9-16(15)21/h6-9,11,20H,5,10H2,1-4H3/t11-/m1/s1. The van der Waals surface area contributed by atoms with Crippen LogP contribution in [0.15, 0.2) is 24.3 Å². The number of aromatic nitrogens is 1. The minimum Gasteiger partial charge on any atom is -0.354 e. The number of fused-ring (bicyclic) bond motifs is 1. The minimum absolute atomic E-state index is 0.00448. The van der Waals surface area contributed by atoms with Crippen molar-refractivity contribution in [2.45, 2.75) is 40.0 Å². The average molecular weight is 310 g/mol. The second kappa shape index (κ2) is 5.69. The minimum atomic E-state index is -0.0470. The lowest BCUT2D eigenvalue weighted by molar-refractivity contribution is 0.0982. The lowest BCUT2D eigenvalue weighted by Gasteiger charge is -2.17. The molecule has 3 rings (SSSR count). The molecule has 1 aromatic carbocycles. The molecule has 120 valence electrons. The van der Waals surface area contributed by atoms with Crippen molar-refractivity contribution >= 4 is 17.4 Å². The number of Topliss-reactive ketones (excluding diaryl/α,β-unsaturated/α-hetero) is 1. The summed E-state index contributed by atoms with van der Waals surface area (Å²) in [6.45, 7) is 8.19. The Bertz CT molecular complexity index is 789. The van der Waals surface area contributed by atoms with Crippen molar-refractivity contribution < 1.29 is 9.59 Å². The molecule has 0 spiro atoms. The van der Waals surface area contributed by atoms with Crippen LogP contribution in [0.25, 0.3) is 0 Å². The van der Waals surface area contributed by atoms with Crippen LogP contribution < -0.4 is 4.90 Å². The lowest BCUT2D eigenvalue weighted by Crippen LogP contribution is -2.30. The third-order valence-corrected chi connectivity index (χ3v) is 4.67. The molecule has 0 bridgehead atoms. The largest absolute Gasteiger partial charge is 0.354 e. The van der Waals surface area contributed by atoms with E-state index in [9.17, 15) is 9.59 Å². The summed E-state index contributed by atoms with van der Waals surface area (Å²) >= 11 is 0. The number of carbonyl (C=O) groups excluding carboxylic acids is 2. The van der Waals surface area contributed by atoms with Gasteiger partial charge in [0, 0.05) is 29.4 Å². The Morgan fingerprint density at radius 3 is 2.65 bits per heavy atom. The van der Waals surface area contributed by atoms with E-state index in [4.69, 9.17) is 0 Å². The fourth-order valence-corrected chi connectivity index (χ4v) is 3.64. The van der Waals surface area contributed by atoms with Crippen LogP contribution >= 0.6 is 0 Å². The van der Waals surface area contributed by atoms with Gasteiger partial charge in [0.2, 0.25) is 0 Å². The molecule has 1 aliphatic heterocycles. The van der Waals surface area contributed by atoms with E-state index in [2.05, 4.69) is 18.0 Å². The predicted octanol–water partition coefficient (Wildman–Crippen LogP) is 3.85. The summed E-state index contributed by atoms with van der Waals surface area (Å²) in [5.74, 6) is 0.280. The topological polar surface area (TPSA) is 53.2 Å². The number of hydrogen-bond donors (Lipinski definition) is 1. The first-order valence-electron chi connectivity index (χ1n) is 8.08. The highest BCUT2D eigenvalue weighted by molar-refractivity contribution is 6.10. The van der Waals surface area contributed by atoms with E-state index in [1.165, 1.54) is 5.56 Å². The smallest absolute Gasteiger partial charge is 0.275 e. The molecule has 0 unspecified atom stereocenters. The van der Waals surface area contributed by atoms with E-state index in [1.807, 2.05) is 36.9 Å². The van der Waals surface area contributed by atoms with Crippen molar-refractivity contribution in [1.82, 2.24) is 4.98 Å². The Hall–Kier alpha value is -2.36. The van der Waals surface area contributed by atoms with Crippen LogP contribution in [-0.4, -0.2) is 23.2 Å². The number of amides is 1. The van der Waals surface area contributed by atoms with Gasteiger partial charge in [-0.3, -0.25) is 9.59 Å². The van der Waals surface area contributed by atoms with Gasteiger partial charge in [0.05, 0.1) is 0 Å². The molecule has 4 nitrogen and oxygen atoms in total. The maximum Gasteiger partial charge on any atom is 0.275 e. The number of aryl methyl sites for hydroxylation is 1. The van der Waals surface area contributed by atoms with E-state index >= 15 is 0 Å². The summed E-state index contributed by atoms with van der Waals surface area (Å²) in [6.07, 6.45) is 0.658. The number of hydrogen-bond acceptors (Lipinski definition) is 2. The van der Waals surface area contributed by atoms with Crippen molar-refractivity contribution in [2.24, 2.45) is 0 Å². The quantitative estimate of drug-likeness (QED) is 0.875. The molecule has 2 aromatic rings. The first-order valence-corrected chi connectivity index (χ1v) is 8.08. The van der Waals surface area contributed by atoms with Gasteiger partial charge in [-0.25, -0.2) is 0 Å². The van der Waals surface area contributed by atoms with Gasteiger partial charge in [-0.1, -0.05) is 32.0 Å². The highest BCUT2D eigenvalue weighted by atomic mass is 16.2. The average Bonchev–Trinajstić information content (AvgIpc) is 3.04. The molecule has 0 saturated carbocycles. The van der Waals surface area contributed by atoms with Crippen LogP contribution in [0, 0.1) is 6.92 Å². The van der Waals surface area contributed by atoms with Crippen molar-refractivity contribution in [3.8, 4) is 0 Å². The molecule has 4 heteroatoms. The van der Waals surface area contributed by atoms with E-state index in [0.717, 1.165) is 16.9 Å². The van der Waals surface area contributed by atoms with Crippen LogP contribution in [0.1, 0.15) is 64.4 Å². The van der Waals surface area contributed by atoms with Crippen molar-refractivity contribution in [3.63, 3.8) is 0 Å². The van der Waals surface area contributed by atoms with Crippen LogP contribution in [0.4, 0.5) is 5.69 Å². The molecular weight excluding hydrogens is 288 g/mol.